The van der Waals surface area contributed by atoms with Gasteiger partial charge in [0.2, 0.25) is 0 Å². The number of hydrogen-bond donors (Lipinski definition) is 1. The van der Waals surface area contributed by atoms with E-state index in [-0.39, 0.29) is 23.8 Å². The highest BCUT2D eigenvalue weighted by atomic mass is 16.4. The minimum Gasteiger partial charge on any atom is -0.476 e. The molecule has 1 fully saturated rings. The lowest BCUT2D eigenvalue weighted by molar-refractivity contribution is 0.0689. The smallest absolute Gasteiger partial charge is 0.358 e. The van der Waals surface area contributed by atoms with Gasteiger partial charge in [-0.1, -0.05) is 5.21 Å². The topological polar surface area (TPSA) is 91.6 Å². The lowest BCUT2D eigenvalue weighted by Gasteiger charge is -2.41. The lowest BCUT2D eigenvalue weighted by Crippen LogP contribution is -2.55. The van der Waals surface area contributed by atoms with Gasteiger partial charge in [0.05, 0.1) is 12.2 Å². The third-order valence-corrected chi connectivity index (χ3v) is 3.31. The van der Waals surface area contributed by atoms with Crippen molar-refractivity contribution in [3.05, 3.63) is 11.9 Å². The van der Waals surface area contributed by atoms with E-state index in [2.05, 4.69) is 10.3 Å². The van der Waals surface area contributed by atoms with Gasteiger partial charge in [0.15, 0.2) is 5.69 Å². The normalized spacial score (nSPS) is 15.5. The Balaban J connectivity index is 1.92. The Bertz CT molecular complexity index is 492. The van der Waals surface area contributed by atoms with Gasteiger partial charge in [-0.25, -0.2) is 14.3 Å². The standard InChI is InChI=1S/C11H17N5O3/c1-7(2)14(3)11(19)15-4-8(5-15)16-6-9(10(17)18)12-13-16/h6-8H,4-5H2,1-3H3,(H,17,18). The van der Waals surface area contributed by atoms with Crippen molar-refractivity contribution in [3.63, 3.8) is 0 Å². The van der Waals surface area contributed by atoms with Gasteiger partial charge in [0.25, 0.3) is 0 Å². The van der Waals surface area contributed by atoms with Crippen LogP contribution in [0.3, 0.4) is 0 Å². The average Bonchev–Trinajstić information content (AvgIpc) is 2.75. The fraction of sp³-hybridized carbons (Fsp3) is 0.636. The van der Waals surface area contributed by atoms with Gasteiger partial charge in [-0.05, 0) is 13.8 Å². The molecule has 1 saturated heterocycles. The number of likely N-dealkylation sites (tertiary alicyclic amines) is 1. The number of carbonyl (C=O) groups is 2. The van der Waals surface area contributed by atoms with Crippen molar-refractivity contribution in [3.8, 4) is 0 Å². The molecule has 0 saturated carbocycles. The fourth-order valence-electron chi connectivity index (χ4n) is 1.78. The minimum atomic E-state index is -1.10. The lowest BCUT2D eigenvalue weighted by atomic mass is 10.1. The number of carbonyl (C=O) groups excluding carboxylic acids is 1. The Morgan fingerprint density at radius 3 is 2.58 bits per heavy atom. The van der Waals surface area contributed by atoms with Crippen LogP contribution in [0.1, 0.15) is 30.4 Å². The molecule has 1 aliphatic heterocycles. The van der Waals surface area contributed by atoms with E-state index in [9.17, 15) is 9.59 Å². The summed E-state index contributed by atoms with van der Waals surface area (Å²) in [6.07, 6.45) is 1.39. The van der Waals surface area contributed by atoms with Crippen LogP contribution in [0.25, 0.3) is 0 Å². The second-order valence-corrected chi connectivity index (χ2v) is 4.93. The second-order valence-electron chi connectivity index (χ2n) is 4.93. The Kier molecular flexibility index (Phi) is 3.41. The summed E-state index contributed by atoms with van der Waals surface area (Å²) < 4.78 is 1.50. The zero-order valence-electron chi connectivity index (χ0n) is 11.1. The highest BCUT2D eigenvalue weighted by Crippen LogP contribution is 2.21. The van der Waals surface area contributed by atoms with E-state index in [0.29, 0.717) is 13.1 Å². The molecule has 8 heteroatoms. The van der Waals surface area contributed by atoms with E-state index < -0.39 is 5.97 Å². The minimum absolute atomic E-state index is 0.00473. The van der Waals surface area contributed by atoms with Gasteiger partial charge in [0.1, 0.15) is 0 Å². The molecule has 2 rings (SSSR count). The van der Waals surface area contributed by atoms with Crippen LogP contribution in [0.4, 0.5) is 4.79 Å². The van der Waals surface area contributed by atoms with Crippen LogP contribution in [-0.2, 0) is 0 Å². The van der Waals surface area contributed by atoms with Crippen molar-refractivity contribution >= 4 is 12.0 Å². The Hall–Kier alpha value is -2.12. The van der Waals surface area contributed by atoms with E-state index in [0.717, 1.165) is 0 Å². The summed E-state index contributed by atoms with van der Waals surface area (Å²) in [6.45, 7) is 4.95. The van der Waals surface area contributed by atoms with Crippen molar-refractivity contribution in [1.82, 2.24) is 24.8 Å². The molecule has 0 aromatic carbocycles. The van der Waals surface area contributed by atoms with Gasteiger partial charge in [-0.15, -0.1) is 5.10 Å². The van der Waals surface area contributed by atoms with E-state index in [4.69, 9.17) is 5.11 Å². The predicted molar refractivity (Wildman–Crippen MR) is 65.9 cm³/mol. The number of amides is 2. The maximum absolute atomic E-state index is 12.0. The maximum Gasteiger partial charge on any atom is 0.358 e. The number of nitrogens with zero attached hydrogens (tertiary/aromatic N) is 5. The number of carboxylic acids is 1. The van der Waals surface area contributed by atoms with E-state index in [1.54, 1.807) is 16.8 Å². The van der Waals surface area contributed by atoms with Crippen LogP contribution in [0.5, 0.6) is 0 Å². The Morgan fingerprint density at radius 2 is 2.11 bits per heavy atom. The number of urea groups is 1. The molecule has 1 aliphatic rings. The molecular formula is C11H17N5O3. The quantitative estimate of drug-likeness (QED) is 0.850. The van der Waals surface area contributed by atoms with Gasteiger partial charge in [-0.3, -0.25) is 0 Å². The number of aromatic carboxylic acids is 1. The van der Waals surface area contributed by atoms with Gasteiger partial charge < -0.3 is 14.9 Å². The number of aromatic nitrogens is 3. The first-order chi connectivity index (χ1) is 8.90. The largest absolute Gasteiger partial charge is 0.476 e. The molecule has 1 aromatic rings. The van der Waals surface area contributed by atoms with Crippen LogP contribution in [-0.4, -0.2) is 68.1 Å². The van der Waals surface area contributed by atoms with E-state index in [1.807, 2.05) is 13.8 Å². The number of carboxylic acid groups (broad SMARTS) is 1. The highest BCUT2D eigenvalue weighted by molar-refractivity contribution is 5.84. The third-order valence-electron chi connectivity index (χ3n) is 3.31. The van der Waals surface area contributed by atoms with Gasteiger partial charge in [0, 0.05) is 26.2 Å². The summed E-state index contributed by atoms with van der Waals surface area (Å²) in [5.41, 5.74) is -0.0796. The Labute approximate surface area is 110 Å². The first kappa shape index (κ1) is 13.3. The molecule has 0 unspecified atom stereocenters. The molecule has 19 heavy (non-hydrogen) atoms. The van der Waals surface area contributed by atoms with Crippen molar-refractivity contribution in [2.75, 3.05) is 20.1 Å². The molecule has 8 nitrogen and oxygen atoms in total. The monoisotopic (exact) mass is 267 g/mol. The van der Waals surface area contributed by atoms with Crippen LogP contribution in [0.2, 0.25) is 0 Å². The first-order valence-corrected chi connectivity index (χ1v) is 6.07. The van der Waals surface area contributed by atoms with Crippen molar-refractivity contribution in [1.29, 1.82) is 0 Å². The molecule has 0 radical (unpaired) electrons. The van der Waals surface area contributed by atoms with Crippen LogP contribution in [0, 0.1) is 0 Å². The molecule has 1 aromatic heterocycles. The molecule has 0 bridgehead atoms. The van der Waals surface area contributed by atoms with Crippen molar-refractivity contribution < 1.29 is 14.7 Å². The number of hydrogen-bond acceptors (Lipinski definition) is 4. The average molecular weight is 267 g/mol. The van der Waals surface area contributed by atoms with E-state index >= 15 is 0 Å². The summed E-state index contributed by atoms with van der Waals surface area (Å²) in [4.78, 5) is 26.0. The zero-order chi connectivity index (χ0) is 14.2. The summed E-state index contributed by atoms with van der Waals surface area (Å²) in [6, 6.07) is 0.131. The number of rotatable bonds is 3. The molecule has 104 valence electrons. The molecule has 1 N–H and O–H groups in total. The first-order valence-electron chi connectivity index (χ1n) is 6.07. The second kappa shape index (κ2) is 4.87. The van der Waals surface area contributed by atoms with Crippen molar-refractivity contribution in [2.45, 2.75) is 25.9 Å². The molecule has 2 amide bonds. The molecule has 0 aliphatic carbocycles. The maximum atomic E-state index is 12.0. The van der Waals surface area contributed by atoms with E-state index in [1.165, 1.54) is 10.9 Å². The molecule has 0 atom stereocenters. The SMILES string of the molecule is CC(C)N(C)C(=O)N1CC(n2cc(C(=O)O)nn2)C1. The molecular weight excluding hydrogens is 250 g/mol. The van der Waals surface area contributed by atoms with Crippen LogP contribution in [0.15, 0.2) is 6.20 Å². The summed E-state index contributed by atoms with van der Waals surface area (Å²) >= 11 is 0. The van der Waals surface area contributed by atoms with Gasteiger partial charge >= 0.3 is 12.0 Å². The fourth-order valence-corrected chi connectivity index (χ4v) is 1.78. The van der Waals surface area contributed by atoms with Crippen LogP contribution < -0.4 is 0 Å². The van der Waals surface area contributed by atoms with Gasteiger partial charge in [-0.2, -0.15) is 0 Å². The Morgan fingerprint density at radius 1 is 1.47 bits per heavy atom. The molecule has 0 spiro atoms. The highest BCUT2D eigenvalue weighted by Gasteiger charge is 2.35. The predicted octanol–water partition coefficient (Wildman–Crippen LogP) is 0.293. The zero-order valence-corrected chi connectivity index (χ0v) is 11.1. The summed E-state index contributed by atoms with van der Waals surface area (Å²) in [5.74, 6) is -1.10. The van der Waals surface area contributed by atoms with Crippen LogP contribution >= 0.6 is 0 Å². The summed E-state index contributed by atoms with van der Waals surface area (Å²) in [5, 5.41) is 16.1. The summed E-state index contributed by atoms with van der Waals surface area (Å²) in [7, 11) is 1.76. The van der Waals surface area contributed by atoms with Crippen molar-refractivity contribution in [2.24, 2.45) is 0 Å². The third kappa shape index (κ3) is 2.51. The molecule has 2 heterocycles.